The zero-order chi connectivity index (χ0) is 22.2. The van der Waals surface area contributed by atoms with Crippen LogP contribution in [-0.4, -0.2) is 47.3 Å². The Hall–Kier alpha value is -4.01. The number of benzene rings is 2. The van der Waals surface area contributed by atoms with Crippen molar-refractivity contribution in [2.24, 2.45) is 5.92 Å². The van der Waals surface area contributed by atoms with E-state index in [-0.39, 0.29) is 32.1 Å². The van der Waals surface area contributed by atoms with Gasteiger partial charge in [0.1, 0.15) is 6.04 Å². The Balaban J connectivity index is 1.28. The Morgan fingerprint density at radius 1 is 1.19 bits per heavy atom. The monoisotopic (exact) mass is 435 g/mol. The van der Waals surface area contributed by atoms with Crippen molar-refractivity contribution in [3.05, 3.63) is 54.2 Å². The van der Waals surface area contributed by atoms with Crippen molar-refractivity contribution in [2.45, 2.75) is 18.9 Å². The minimum Gasteiger partial charge on any atom is -0.480 e. The number of fused-ring (bicyclic) bond motifs is 2. The topological polar surface area (TPSA) is 121 Å². The highest BCUT2D eigenvalue weighted by Crippen LogP contribution is 2.37. The molecule has 32 heavy (non-hydrogen) atoms. The number of hydrogen-bond acceptors (Lipinski definition) is 5. The summed E-state index contributed by atoms with van der Waals surface area (Å²) in [5.41, 5.74) is 2.32. The first-order valence-corrected chi connectivity index (χ1v) is 10.3. The number of aromatic amines is 1. The van der Waals surface area contributed by atoms with E-state index in [1.54, 1.807) is 24.4 Å². The molecule has 0 bridgehead atoms. The van der Waals surface area contributed by atoms with Crippen molar-refractivity contribution in [3.63, 3.8) is 0 Å². The average Bonchev–Trinajstić information content (AvgIpc) is 3.51. The second-order valence-electron chi connectivity index (χ2n) is 7.91. The highest BCUT2D eigenvalue weighted by molar-refractivity contribution is 6.01. The number of carbonyl (C=O) groups excluding carboxylic acids is 2. The molecule has 2 aromatic carbocycles. The smallest absolute Gasteiger partial charge is 0.326 e. The molecule has 5 rings (SSSR count). The molecule has 3 aromatic rings. The van der Waals surface area contributed by atoms with Gasteiger partial charge in [-0.25, -0.2) is 4.79 Å². The molecule has 1 fully saturated rings. The normalized spacial score (nSPS) is 18.2. The summed E-state index contributed by atoms with van der Waals surface area (Å²) in [5, 5.41) is 13.2. The molecule has 2 aliphatic rings. The summed E-state index contributed by atoms with van der Waals surface area (Å²) in [6.07, 6.45) is 1.91. The molecule has 0 saturated carbocycles. The number of carboxylic acids is 1. The third-order valence-corrected chi connectivity index (χ3v) is 5.88. The van der Waals surface area contributed by atoms with Crippen LogP contribution in [0.3, 0.4) is 0 Å². The van der Waals surface area contributed by atoms with Crippen LogP contribution in [0.2, 0.25) is 0 Å². The van der Waals surface area contributed by atoms with Crippen LogP contribution >= 0.6 is 0 Å². The van der Waals surface area contributed by atoms with Gasteiger partial charge >= 0.3 is 5.97 Å². The first-order valence-electron chi connectivity index (χ1n) is 10.3. The Labute approximate surface area is 182 Å². The summed E-state index contributed by atoms with van der Waals surface area (Å²) < 4.78 is 10.7. The van der Waals surface area contributed by atoms with Gasteiger partial charge in [-0.3, -0.25) is 9.59 Å². The molecule has 3 N–H and O–H groups in total. The van der Waals surface area contributed by atoms with E-state index in [1.807, 2.05) is 24.3 Å². The highest BCUT2D eigenvalue weighted by atomic mass is 16.7. The molecule has 1 saturated heterocycles. The van der Waals surface area contributed by atoms with E-state index < -0.39 is 23.8 Å². The summed E-state index contributed by atoms with van der Waals surface area (Å²) in [7, 11) is 0. The first kappa shape index (κ1) is 19.9. The van der Waals surface area contributed by atoms with Crippen molar-refractivity contribution < 1.29 is 29.0 Å². The number of carbonyl (C=O) groups is 3. The van der Waals surface area contributed by atoms with E-state index in [9.17, 15) is 19.5 Å². The first-order chi connectivity index (χ1) is 15.5. The van der Waals surface area contributed by atoms with Gasteiger partial charge in [-0.2, -0.15) is 0 Å². The van der Waals surface area contributed by atoms with Crippen molar-refractivity contribution in [2.75, 3.05) is 18.2 Å². The molecule has 9 nitrogen and oxygen atoms in total. The minimum absolute atomic E-state index is 0.0136. The van der Waals surface area contributed by atoms with Gasteiger partial charge in [0.25, 0.3) is 0 Å². The zero-order valence-corrected chi connectivity index (χ0v) is 17.0. The second kappa shape index (κ2) is 7.92. The van der Waals surface area contributed by atoms with Crippen molar-refractivity contribution in [1.82, 2.24) is 10.3 Å². The van der Waals surface area contributed by atoms with Gasteiger partial charge in [0.05, 0.1) is 5.92 Å². The fourth-order valence-corrected chi connectivity index (χ4v) is 4.20. The van der Waals surface area contributed by atoms with E-state index in [2.05, 4.69) is 10.3 Å². The molecule has 2 atom stereocenters. The maximum absolute atomic E-state index is 12.9. The third-order valence-electron chi connectivity index (χ3n) is 5.88. The number of rotatable bonds is 6. The SMILES string of the molecule is O=C(NC(Cc1c[nH]c2ccccc12)C(=O)O)C1CC(=O)N(c2ccc3c(c2)OCO3)C1. The molecule has 9 heteroatoms. The van der Waals surface area contributed by atoms with Crippen LogP contribution in [0, 0.1) is 5.92 Å². The van der Waals surface area contributed by atoms with Crippen molar-refractivity contribution in [1.29, 1.82) is 0 Å². The van der Waals surface area contributed by atoms with Crippen LogP contribution in [0.1, 0.15) is 12.0 Å². The van der Waals surface area contributed by atoms with Gasteiger partial charge in [0.2, 0.25) is 18.6 Å². The average molecular weight is 435 g/mol. The van der Waals surface area contributed by atoms with Crippen LogP contribution in [0.5, 0.6) is 11.5 Å². The number of H-pyrrole nitrogens is 1. The number of anilines is 1. The molecule has 0 spiro atoms. The third kappa shape index (κ3) is 3.62. The van der Waals surface area contributed by atoms with Crippen LogP contribution in [-0.2, 0) is 20.8 Å². The summed E-state index contributed by atoms with van der Waals surface area (Å²) in [6.45, 7) is 0.300. The van der Waals surface area contributed by atoms with E-state index in [0.29, 0.717) is 17.2 Å². The van der Waals surface area contributed by atoms with Gasteiger partial charge in [-0.05, 0) is 23.8 Å². The van der Waals surface area contributed by atoms with Crippen molar-refractivity contribution >= 4 is 34.4 Å². The maximum Gasteiger partial charge on any atom is 0.326 e. The van der Waals surface area contributed by atoms with E-state index in [4.69, 9.17) is 9.47 Å². The van der Waals surface area contributed by atoms with E-state index >= 15 is 0 Å². The van der Waals surface area contributed by atoms with Crippen LogP contribution in [0.15, 0.2) is 48.7 Å². The molecular formula is C23H21N3O6. The van der Waals surface area contributed by atoms with Gasteiger partial charge in [-0.1, -0.05) is 18.2 Å². The molecular weight excluding hydrogens is 414 g/mol. The largest absolute Gasteiger partial charge is 0.480 e. The lowest BCUT2D eigenvalue weighted by molar-refractivity contribution is -0.142. The molecule has 0 aliphatic carbocycles. The Bertz CT molecular complexity index is 1220. The van der Waals surface area contributed by atoms with E-state index in [1.165, 1.54) is 4.90 Å². The predicted molar refractivity (Wildman–Crippen MR) is 115 cm³/mol. The number of nitrogens with one attached hydrogen (secondary N) is 2. The lowest BCUT2D eigenvalue weighted by atomic mass is 10.0. The Morgan fingerprint density at radius 2 is 2.00 bits per heavy atom. The molecule has 164 valence electrons. The second-order valence-corrected chi connectivity index (χ2v) is 7.91. The molecule has 2 amide bonds. The van der Waals surface area contributed by atoms with Crippen LogP contribution < -0.4 is 19.7 Å². The summed E-state index contributed by atoms with van der Waals surface area (Å²) in [5.74, 6) is -1.26. The number of carboxylic acid groups (broad SMARTS) is 1. The van der Waals surface area contributed by atoms with E-state index in [0.717, 1.165) is 16.5 Å². The number of aromatic nitrogens is 1. The molecule has 3 heterocycles. The number of nitrogens with zero attached hydrogens (tertiary/aromatic N) is 1. The summed E-state index contributed by atoms with van der Waals surface area (Å²) >= 11 is 0. The quantitative estimate of drug-likeness (QED) is 0.545. The van der Waals surface area contributed by atoms with Crippen molar-refractivity contribution in [3.8, 4) is 11.5 Å². The van der Waals surface area contributed by atoms with Gasteiger partial charge in [0.15, 0.2) is 11.5 Å². The highest BCUT2D eigenvalue weighted by Gasteiger charge is 2.37. The lowest BCUT2D eigenvalue weighted by Crippen LogP contribution is -2.45. The standard InChI is InChI=1S/C23H21N3O6/c27-21-8-14(11-26(21)15-5-6-19-20(9-15)32-12-31-19)22(28)25-18(23(29)30)7-13-10-24-17-4-2-1-3-16(13)17/h1-6,9-10,14,18,24H,7-8,11-12H2,(H,25,28)(H,29,30). The molecule has 2 aliphatic heterocycles. The molecule has 2 unspecified atom stereocenters. The minimum atomic E-state index is -1.12. The summed E-state index contributed by atoms with van der Waals surface area (Å²) in [4.78, 5) is 41.9. The number of ether oxygens (including phenoxy) is 2. The van der Waals surface area contributed by atoms with Crippen LogP contribution in [0.4, 0.5) is 5.69 Å². The van der Waals surface area contributed by atoms with Gasteiger partial charge < -0.3 is 29.8 Å². The number of amides is 2. The van der Waals surface area contributed by atoms with Gasteiger partial charge in [-0.15, -0.1) is 0 Å². The fourth-order valence-electron chi connectivity index (χ4n) is 4.20. The fraction of sp³-hybridized carbons (Fsp3) is 0.261. The molecule has 0 radical (unpaired) electrons. The lowest BCUT2D eigenvalue weighted by Gasteiger charge is -2.19. The summed E-state index contributed by atoms with van der Waals surface area (Å²) in [6, 6.07) is 11.6. The van der Waals surface area contributed by atoms with Crippen LogP contribution in [0.25, 0.3) is 10.9 Å². The number of aliphatic carboxylic acids is 1. The number of hydrogen-bond donors (Lipinski definition) is 3. The zero-order valence-electron chi connectivity index (χ0n) is 17.0. The Morgan fingerprint density at radius 3 is 2.84 bits per heavy atom. The van der Waals surface area contributed by atoms with Gasteiger partial charge in [0, 0.05) is 48.2 Å². The Kier molecular flexibility index (Phi) is 4.93. The molecule has 1 aromatic heterocycles. The predicted octanol–water partition coefficient (Wildman–Crippen LogP) is 2.06. The maximum atomic E-state index is 12.9. The number of para-hydroxylation sites is 1.